The number of aromatic nitrogens is 1. The summed E-state index contributed by atoms with van der Waals surface area (Å²) in [6.07, 6.45) is 3.92. The molecule has 5 nitrogen and oxygen atoms in total. The molecular formula is C11H15ClN2O3. The predicted molar refractivity (Wildman–Crippen MR) is 66.7 cm³/mol. The molecule has 0 atom stereocenters. The number of alkyl halides is 1. The van der Waals surface area contributed by atoms with Gasteiger partial charge in [-0.05, 0) is 19.8 Å². The number of rotatable bonds is 6. The second-order valence-corrected chi connectivity index (χ2v) is 4.26. The van der Waals surface area contributed by atoms with Gasteiger partial charge in [0, 0.05) is 24.1 Å². The summed E-state index contributed by atoms with van der Waals surface area (Å²) in [6.45, 7) is 2.06. The molecule has 0 spiro atoms. The molecule has 94 valence electrons. The standard InChI is InChI=1S/C11H15ClN2O3/c1-9-7-11(15)13(6-4-2-3-5-12)8-10(9)14(16)17/h7-8H,2-6H2,1H3. The lowest BCUT2D eigenvalue weighted by atomic mass is 10.2. The average Bonchev–Trinajstić information content (AvgIpc) is 2.26. The van der Waals surface area contributed by atoms with E-state index in [1.54, 1.807) is 6.92 Å². The summed E-state index contributed by atoms with van der Waals surface area (Å²) in [4.78, 5) is 21.9. The van der Waals surface area contributed by atoms with E-state index in [2.05, 4.69) is 0 Å². The van der Waals surface area contributed by atoms with E-state index < -0.39 is 4.92 Å². The first-order valence-electron chi connectivity index (χ1n) is 5.47. The summed E-state index contributed by atoms with van der Waals surface area (Å²) < 4.78 is 1.39. The Labute approximate surface area is 104 Å². The van der Waals surface area contributed by atoms with E-state index in [-0.39, 0.29) is 11.2 Å². The van der Waals surface area contributed by atoms with Gasteiger partial charge in [0.05, 0.1) is 11.1 Å². The number of hydrogen-bond donors (Lipinski definition) is 0. The van der Waals surface area contributed by atoms with Gasteiger partial charge in [0.2, 0.25) is 0 Å². The molecule has 0 saturated heterocycles. The third-order valence-electron chi connectivity index (χ3n) is 2.53. The second kappa shape index (κ2) is 6.39. The van der Waals surface area contributed by atoms with Crippen LogP contribution >= 0.6 is 11.6 Å². The van der Waals surface area contributed by atoms with Crippen molar-refractivity contribution in [1.29, 1.82) is 0 Å². The Morgan fingerprint density at radius 2 is 2.12 bits per heavy atom. The monoisotopic (exact) mass is 258 g/mol. The van der Waals surface area contributed by atoms with Crippen LogP contribution in [0.25, 0.3) is 0 Å². The zero-order valence-corrected chi connectivity index (χ0v) is 10.4. The van der Waals surface area contributed by atoms with Crippen LogP contribution in [0.15, 0.2) is 17.1 Å². The van der Waals surface area contributed by atoms with Crippen molar-refractivity contribution in [2.24, 2.45) is 0 Å². The maximum atomic E-state index is 11.6. The predicted octanol–water partition coefficient (Wildman–Crippen LogP) is 2.47. The van der Waals surface area contributed by atoms with Crippen LogP contribution in [0.3, 0.4) is 0 Å². The van der Waals surface area contributed by atoms with Gasteiger partial charge in [0.1, 0.15) is 0 Å². The van der Waals surface area contributed by atoms with Crippen molar-refractivity contribution < 1.29 is 4.92 Å². The van der Waals surface area contributed by atoms with Gasteiger partial charge in [-0.15, -0.1) is 11.6 Å². The minimum Gasteiger partial charge on any atom is -0.309 e. The first kappa shape index (κ1) is 13.7. The summed E-state index contributed by atoms with van der Waals surface area (Å²) in [6, 6.07) is 1.31. The normalized spacial score (nSPS) is 10.5. The lowest BCUT2D eigenvalue weighted by molar-refractivity contribution is -0.385. The number of nitro groups is 1. The summed E-state index contributed by atoms with van der Waals surface area (Å²) in [5.74, 6) is 0.600. The van der Waals surface area contributed by atoms with Crippen LogP contribution in [-0.4, -0.2) is 15.4 Å². The topological polar surface area (TPSA) is 65.1 Å². The van der Waals surface area contributed by atoms with E-state index in [4.69, 9.17) is 11.6 Å². The molecule has 0 unspecified atom stereocenters. The van der Waals surface area contributed by atoms with Crippen molar-refractivity contribution in [3.63, 3.8) is 0 Å². The van der Waals surface area contributed by atoms with Gasteiger partial charge in [0.25, 0.3) is 11.2 Å². The first-order chi connectivity index (χ1) is 8.06. The molecule has 1 aromatic rings. The molecule has 0 aromatic carbocycles. The fourth-order valence-corrected chi connectivity index (χ4v) is 1.76. The Hall–Kier alpha value is -1.36. The van der Waals surface area contributed by atoms with Crippen molar-refractivity contribution in [3.8, 4) is 0 Å². The number of nitrogens with zero attached hydrogens (tertiary/aromatic N) is 2. The van der Waals surface area contributed by atoms with Crippen molar-refractivity contribution >= 4 is 17.3 Å². The molecule has 0 aliphatic rings. The van der Waals surface area contributed by atoms with Crippen LogP contribution in [0.2, 0.25) is 0 Å². The van der Waals surface area contributed by atoms with Gasteiger partial charge in [0.15, 0.2) is 0 Å². The second-order valence-electron chi connectivity index (χ2n) is 3.88. The van der Waals surface area contributed by atoms with Gasteiger partial charge in [-0.1, -0.05) is 6.42 Å². The van der Waals surface area contributed by atoms with Crippen LogP contribution in [0.5, 0.6) is 0 Å². The van der Waals surface area contributed by atoms with Crippen LogP contribution in [-0.2, 0) is 6.54 Å². The Kier molecular flexibility index (Phi) is 5.15. The molecule has 1 aromatic heterocycles. The Bertz CT molecular complexity index is 457. The van der Waals surface area contributed by atoms with E-state index in [9.17, 15) is 14.9 Å². The van der Waals surface area contributed by atoms with Gasteiger partial charge in [-0.25, -0.2) is 0 Å². The molecule has 17 heavy (non-hydrogen) atoms. The van der Waals surface area contributed by atoms with Gasteiger partial charge >= 0.3 is 0 Å². The van der Waals surface area contributed by atoms with Crippen LogP contribution in [0, 0.1) is 17.0 Å². The summed E-state index contributed by atoms with van der Waals surface area (Å²) in [7, 11) is 0. The van der Waals surface area contributed by atoms with Crippen molar-refractivity contribution in [2.75, 3.05) is 5.88 Å². The van der Waals surface area contributed by atoms with Gasteiger partial charge in [-0.2, -0.15) is 0 Å². The smallest absolute Gasteiger partial charge is 0.288 e. The number of pyridine rings is 1. The SMILES string of the molecule is Cc1cc(=O)n(CCCCCCl)cc1[N+](=O)[O-]. The highest BCUT2D eigenvalue weighted by molar-refractivity contribution is 6.17. The molecule has 1 heterocycles. The number of halogens is 1. The third kappa shape index (κ3) is 3.85. The van der Waals surface area contributed by atoms with Crippen molar-refractivity contribution in [3.05, 3.63) is 38.3 Å². The number of unbranched alkanes of at least 4 members (excludes halogenated alkanes) is 2. The Balaban J connectivity index is 2.81. The summed E-state index contributed by atoms with van der Waals surface area (Å²) >= 11 is 5.54. The minimum atomic E-state index is -0.468. The molecule has 6 heteroatoms. The van der Waals surface area contributed by atoms with Gasteiger partial charge < -0.3 is 4.57 Å². The lowest BCUT2D eigenvalue weighted by Gasteiger charge is -2.06. The van der Waals surface area contributed by atoms with Crippen LogP contribution in [0.4, 0.5) is 5.69 Å². The average molecular weight is 259 g/mol. The number of aryl methyl sites for hydroxylation is 2. The van der Waals surface area contributed by atoms with Crippen molar-refractivity contribution in [1.82, 2.24) is 4.57 Å². The lowest BCUT2D eigenvalue weighted by Crippen LogP contribution is -2.20. The minimum absolute atomic E-state index is 0.0121. The third-order valence-corrected chi connectivity index (χ3v) is 2.80. The number of hydrogen-bond acceptors (Lipinski definition) is 3. The highest BCUT2D eigenvalue weighted by Gasteiger charge is 2.12. The molecule has 0 bridgehead atoms. The van der Waals surface area contributed by atoms with E-state index in [0.717, 1.165) is 19.3 Å². The van der Waals surface area contributed by atoms with E-state index in [1.807, 2.05) is 0 Å². The Morgan fingerprint density at radius 1 is 1.41 bits per heavy atom. The zero-order valence-electron chi connectivity index (χ0n) is 9.69. The quantitative estimate of drug-likeness (QED) is 0.341. The molecule has 0 N–H and O–H groups in total. The maximum absolute atomic E-state index is 11.6. The van der Waals surface area contributed by atoms with E-state index in [1.165, 1.54) is 16.8 Å². The molecule has 0 fully saturated rings. The zero-order chi connectivity index (χ0) is 12.8. The molecule has 0 aliphatic carbocycles. The highest BCUT2D eigenvalue weighted by Crippen LogP contribution is 2.14. The molecular weight excluding hydrogens is 244 g/mol. The summed E-state index contributed by atoms with van der Waals surface area (Å²) in [5, 5.41) is 10.7. The fourth-order valence-electron chi connectivity index (χ4n) is 1.57. The van der Waals surface area contributed by atoms with Crippen molar-refractivity contribution in [2.45, 2.75) is 32.7 Å². The first-order valence-corrected chi connectivity index (χ1v) is 6.01. The molecule has 0 aliphatic heterocycles. The van der Waals surface area contributed by atoms with Crippen LogP contribution < -0.4 is 5.56 Å². The molecule has 0 amide bonds. The highest BCUT2D eigenvalue weighted by atomic mass is 35.5. The Morgan fingerprint density at radius 3 is 2.71 bits per heavy atom. The maximum Gasteiger partial charge on any atom is 0.288 e. The van der Waals surface area contributed by atoms with Crippen LogP contribution in [0.1, 0.15) is 24.8 Å². The van der Waals surface area contributed by atoms with E-state index >= 15 is 0 Å². The molecule has 0 radical (unpaired) electrons. The molecule has 1 rings (SSSR count). The largest absolute Gasteiger partial charge is 0.309 e. The van der Waals surface area contributed by atoms with E-state index in [0.29, 0.717) is 18.0 Å². The molecule has 0 saturated carbocycles. The summed E-state index contributed by atoms with van der Waals surface area (Å²) in [5.41, 5.74) is 0.193. The van der Waals surface area contributed by atoms with Gasteiger partial charge in [-0.3, -0.25) is 14.9 Å². The fraction of sp³-hybridized carbons (Fsp3) is 0.545.